The smallest absolute Gasteiger partial charge is 0.269 e. The number of hydrogen-bond acceptors (Lipinski definition) is 3. The molecule has 3 aromatic rings. The lowest BCUT2D eigenvalue weighted by molar-refractivity contribution is -0.116. The van der Waals surface area contributed by atoms with E-state index in [4.69, 9.17) is 11.6 Å². The first-order chi connectivity index (χ1) is 10.5. The van der Waals surface area contributed by atoms with Crippen molar-refractivity contribution in [3.63, 3.8) is 0 Å². The van der Waals surface area contributed by atoms with Crippen molar-refractivity contribution in [2.24, 2.45) is 0 Å². The van der Waals surface area contributed by atoms with Crippen LogP contribution in [0.3, 0.4) is 0 Å². The minimum absolute atomic E-state index is 0.123. The van der Waals surface area contributed by atoms with Gasteiger partial charge in [0.2, 0.25) is 5.91 Å². The molecule has 112 valence electrons. The Kier molecular flexibility index (Phi) is 3.96. The van der Waals surface area contributed by atoms with Gasteiger partial charge in [-0.25, -0.2) is 4.39 Å². The zero-order chi connectivity index (χ0) is 15.7. The summed E-state index contributed by atoms with van der Waals surface area (Å²) in [6.07, 6.45) is 0. The van der Waals surface area contributed by atoms with Gasteiger partial charge in [0.15, 0.2) is 0 Å². The van der Waals surface area contributed by atoms with Gasteiger partial charge in [-0.1, -0.05) is 23.1 Å². The average molecular weight is 337 g/mol. The second-order valence-electron chi connectivity index (χ2n) is 4.63. The minimum Gasteiger partial charge on any atom is -0.325 e. The van der Waals surface area contributed by atoms with Crippen LogP contribution in [0.4, 0.5) is 10.1 Å². The van der Waals surface area contributed by atoms with Crippen LogP contribution in [0, 0.1) is 5.82 Å². The summed E-state index contributed by atoms with van der Waals surface area (Å²) in [5, 5.41) is 3.65. The molecule has 1 N–H and O–H groups in total. The number of rotatable bonds is 3. The van der Waals surface area contributed by atoms with Crippen molar-refractivity contribution in [3.8, 4) is 0 Å². The van der Waals surface area contributed by atoms with E-state index in [-0.39, 0.29) is 18.0 Å². The summed E-state index contributed by atoms with van der Waals surface area (Å²) in [4.78, 5) is 24.1. The van der Waals surface area contributed by atoms with E-state index in [0.29, 0.717) is 20.8 Å². The van der Waals surface area contributed by atoms with E-state index in [1.807, 2.05) is 0 Å². The number of fused-ring (bicyclic) bond motifs is 1. The SMILES string of the molecule is O=C(Cn1sc2cc(F)ccc2c1=O)Nc1ccc(Cl)cc1. The van der Waals surface area contributed by atoms with Crippen LogP contribution in [-0.4, -0.2) is 9.86 Å². The van der Waals surface area contributed by atoms with Crippen LogP contribution < -0.4 is 10.9 Å². The Balaban J connectivity index is 1.80. The number of halogens is 2. The molecule has 0 aliphatic heterocycles. The Morgan fingerprint density at radius 3 is 2.68 bits per heavy atom. The van der Waals surface area contributed by atoms with Gasteiger partial charge in [-0.3, -0.25) is 13.5 Å². The fourth-order valence-corrected chi connectivity index (χ4v) is 3.16. The number of anilines is 1. The van der Waals surface area contributed by atoms with Crippen LogP contribution in [-0.2, 0) is 11.3 Å². The zero-order valence-corrected chi connectivity index (χ0v) is 12.7. The van der Waals surface area contributed by atoms with Crippen molar-refractivity contribution in [2.75, 3.05) is 5.32 Å². The van der Waals surface area contributed by atoms with Gasteiger partial charge in [0.25, 0.3) is 5.56 Å². The molecule has 7 heteroatoms. The highest BCUT2D eigenvalue weighted by Crippen LogP contribution is 2.18. The molecule has 22 heavy (non-hydrogen) atoms. The molecule has 0 atom stereocenters. The molecular weight excluding hydrogens is 327 g/mol. The normalized spacial score (nSPS) is 10.8. The molecule has 0 bridgehead atoms. The summed E-state index contributed by atoms with van der Waals surface area (Å²) in [7, 11) is 0. The summed E-state index contributed by atoms with van der Waals surface area (Å²) in [5.41, 5.74) is 0.292. The maximum atomic E-state index is 13.2. The van der Waals surface area contributed by atoms with Crippen LogP contribution in [0.15, 0.2) is 47.3 Å². The summed E-state index contributed by atoms with van der Waals surface area (Å²) in [6.45, 7) is -0.123. The predicted octanol–water partition coefficient (Wildman–Crippen LogP) is 3.49. The topological polar surface area (TPSA) is 51.1 Å². The number of carbonyl (C=O) groups is 1. The van der Waals surface area contributed by atoms with Crippen LogP contribution >= 0.6 is 23.1 Å². The highest BCUT2D eigenvalue weighted by Gasteiger charge is 2.11. The van der Waals surface area contributed by atoms with E-state index >= 15 is 0 Å². The maximum absolute atomic E-state index is 13.2. The lowest BCUT2D eigenvalue weighted by atomic mass is 10.3. The van der Waals surface area contributed by atoms with Crippen molar-refractivity contribution in [1.82, 2.24) is 3.96 Å². The molecule has 4 nitrogen and oxygen atoms in total. The number of aromatic nitrogens is 1. The third kappa shape index (κ3) is 3.03. The third-order valence-corrected chi connectivity index (χ3v) is 4.33. The van der Waals surface area contributed by atoms with E-state index < -0.39 is 5.82 Å². The Morgan fingerprint density at radius 2 is 1.95 bits per heavy atom. The van der Waals surface area contributed by atoms with Crippen molar-refractivity contribution < 1.29 is 9.18 Å². The van der Waals surface area contributed by atoms with E-state index in [9.17, 15) is 14.0 Å². The summed E-state index contributed by atoms with van der Waals surface area (Å²) in [6, 6.07) is 10.6. The van der Waals surface area contributed by atoms with Gasteiger partial charge in [-0.15, -0.1) is 0 Å². The van der Waals surface area contributed by atoms with Gasteiger partial charge in [-0.05, 0) is 42.5 Å². The third-order valence-electron chi connectivity index (χ3n) is 3.02. The van der Waals surface area contributed by atoms with Crippen LogP contribution in [0.1, 0.15) is 0 Å². The van der Waals surface area contributed by atoms with E-state index in [2.05, 4.69) is 5.32 Å². The Hall–Kier alpha value is -2.18. The molecule has 1 amide bonds. The first-order valence-corrected chi connectivity index (χ1v) is 7.53. The van der Waals surface area contributed by atoms with Crippen LogP contribution in [0.2, 0.25) is 5.02 Å². The van der Waals surface area contributed by atoms with Crippen molar-refractivity contribution in [2.45, 2.75) is 6.54 Å². The molecule has 0 fully saturated rings. The minimum atomic E-state index is -0.411. The molecule has 0 aliphatic rings. The highest BCUT2D eigenvalue weighted by atomic mass is 35.5. The zero-order valence-electron chi connectivity index (χ0n) is 11.2. The standard InChI is InChI=1S/C15H10ClFN2O2S/c16-9-1-4-11(5-2-9)18-14(20)8-19-15(21)12-6-3-10(17)7-13(12)22-19/h1-7H,8H2,(H,18,20). The summed E-state index contributed by atoms with van der Waals surface area (Å²) in [5.74, 6) is -0.747. The van der Waals surface area contributed by atoms with Gasteiger partial charge in [0.05, 0.1) is 10.1 Å². The second-order valence-corrected chi connectivity index (χ2v) is 6.13. The molecule has 0 spiro atoms. The monoisotopic (exact) mass is 336 g/mol. The van der Waals surface area contributed by atoms with Crippen molar-refractivity contribution >= 4 is 44.8 Å². The van der Waals surface area contributed by atoms with Gasteiger partial charge >= 0.3 is 0 Å². The fraction of sp³-hybridized carbons (Fsp3) is 0.0667. The molecule has 0 aliphatic carbocycles. The number of carbonyl (C=O) groups excluding carboxylic acids is 1. The molecule has 3 rings (SSSR count). The summed E-state index contributed by atoms with van der Waals surface area (Å²) >= 11 is 6.83. The lowest BCUT2D eigenvalue weighted by Crippen LogP contribution is -2.23. The van der Waals surface area contributed by atoms with Crippen LogP contribution in [0.5, 0.6) is 0 Å². The fourth-order valence-electron chi connectivity index (χ4n) is 2.01. The number of nitrogens with zero attached hydrogens (tertiary/aromatic N) is 1. The molecule has 1 heterocycles. The molecule has 0 unspecified atom stereocenters. The first kappa shape index (κ1) is 14.7. The number of hydrogen-bond donors (Lipinski definition) is 1. The number of benzene rings is 2. The molecular formula is C15H10ClFN2O2S. The Bertz CT molecular complexity index is 902. The molecule has 0 saturated heterocycles. The molecule has 1 aromatic heterocycles. The largest absolute Gasteiger partial charge is 0.325 e. The molecule has 0 radical (unpaired) electrons. The van der Waals surface area contributed by atoms with Crippen LogP contribution in [0.25, 0.3) is 10.1 Å². The van der Waals surface area contributed by atoms with Gasteiger partial charge < -0.3 is 5.32 Å². The summed E-state index contributed by atoms with van der Waals surface area (Å²) < 4.78 is 15.0. The number of nitrogens with one attached hydrogen (secondary N) is 1. The molecule has 0 saturated carbocycles. The van der Waals surface area contributed by atoms with Gasteiger partial charge in [0, 0.05) is 10.7 Å². The van der Waals surface area contributed by atoms with E-state index in [1.165, 1.54) is 22.2 Å². The lowest BCUT2D eigenvalue weighted by Gasteiger charge is -2.04. The predicted molar refractivity (Wildman–Crippen MR) is 86.1 cm³/mol. The number of amides is 1. The Morgan fingerprint density at radius 1 is 1.23 bits per heavy atom. The maximum Gasteiger partial charge on any atom is 0.269 e. The van der Waals surface area contributed by atoms with Gasteiger partial charge in [0.1, 0.15) is 12.4 Å². The second kappa shape index (κ2) is 5.90. The first-order valence-electron chi connectivity index (χ1n) is 6.38. The van der Waals surface area contributed by atoms with Crippen molar-refractivity contribution in [1.29, 1.82) is 0 Å². The van der Waals surface area contributed by atoms with E-state index in [0.717, 1.165) is 11.5 Å². The quantitative estimate of drug-likeness (QED) is 0.796. The average Bonchev–Trinajstić information content (AvgIpc) is 2.77. The Labute approximate surface area is 133 Å². The van der Waals surface area contributed by atoms with Gasteiger partial charge in [-0.2, -0.15) is 0 Å². The highest BCUT2D eigenvalue weighted by molar-refractivity contribution is 7.13. The van der Waals surface area contributed by atoms with Crippen molar-refractivity contribution in [3.05, 3.63) is 63.7 Å². The van der Waals surface area contributed by atoms with E-state index in [1.54, 1.807) is 24.3 Å². The molecule has 2 aromatic carbocycles.